The topological polar surface area (TPSA) is 64.3 Å². The Balaban J connectivity index is 2.26. The number of nitrogens with zero attached hydrogens (tertiary/aromatic N) is 3. The zero-order chi connectivity index (χ0) is 11.5. The van der Waals surface area contributed by atoms with Crippen LogP contribution in [0.4, 0.5) is 11.8 Å². The van der Waals surface area contributed by atoms with E-state index in [1.807, 2.05) is 13.0 Å². The van der Waals surface area contributed by atoms with Crippen LogP contribution in [0.15, 0.2) is 6.07 Å². The van der Waals surface area contributed by atoms with Gasteiger partial charge >= 0.3 is 0 Å². The molecule has 0 amide bonds. The molecule has 2 rings (SSSR count). The van der Waals surface area contributed by atoms with Gasteiger partial charge in [-0.3, -0.25) is 0 Å². The van der Waals surface area contributed by atoms with Gasteiger partial charge < -0.3 is 15.4 Å². The third kappa shape index (κ3) is 2.41. The van der Waals surface area contributed by atoms with Crippen LogP contribution in [-0.4, -0.2) is 35.8 Å². The van der Waals surface area contributed by atoms with E-state index in [1.165, 1.54) is 0 Å². The molecule has 5 nitrogen and oxygen atoms in total. The predicted molar refractivity (Wildman–Crippen MR) is 63.4 cm³/mol. The maximum atomic E-state index is 5.67. The van der Waals surface area contributed by atoms with Gasteiger partial charge in [-0.25, -0.2) is 4.98 Å². The van der Waals surface area contributed by atoms with Crippen molar-refractivity contribution in [2.75, 3.05) is 30.4 Å². The molecule has 0 aromatic carbocycles. The minimum Gasteiger partial charge on any atom is -0.379 e. The van der Waals surface area contributed by atoms with Gasteiger partial charge in [-0.15, -0.1) is 0 Å². The van der Waals surface area contributed by atoms with Crippen molar-refractivity contribution in [3.8, 4) is 0 Å². The Morgan fingerprint density at radius 2 is 2.31 bits per heavy atom. The maximum absolute atomic E-state index is 5.67. The summed E-state index contributed by atoms with van der Waals surface area (Å²) >= 11 is 0. The number of anilines is 2. The fourth-order valence-electron chi connectivity index (χ4n) is 1.96. The van der Waals surface area contributed by atoms with Gasteiger partial charge in [-0.2, -0.15) is 4.98 Å². The Morgan fingerprint density at radius 3 is 3.06 bits per heavy atom. The first-order chi connectivity index (χ1) is 7.66. The Bertz CT molecular complexity index is 349. The van der Waals surface area contributed by atoms with Crippen LogP contribution < -0.4 is 10.6 Å². The summed E-state index contributed by atoms with van der Waals surface area (Å²) in [5.41, 5.74) is 6.57. The summed E-state index contributed by atoms with van der Waals surface area (Å²) in [6.07, 6.45) is 1.02. The second kappa shape index (κ2) is 4.65. The number of ether oxygens (including phenoxy) is 1. The summed E-state index contributed by atoms with van der Waals surface area (Å²) in [5, 5.41) is 0. The SMILES string of the molecule is Cc1cc(N2CCCOC[C@@H]2C)nc(N)n1. The molecule has 1 aliphatic rings. The van der Waals surface area contributed by atoms with Crippen molar-refractivity contribution in [1.29, 1.82) is 0 Å². The van der Waals surface area contributed by atoms with E-state index in [2.05, 4.69) is 21.8 Å². The highest BCUT2D eigenvalue weighted by atomic mass is 16.5. The van der Waals surface area contributed by atoms with Crippen molar-refractivity contribution in [2.24, 2.45) is 0 Å². The fourth-order valence-corrected chi connectivity index (χ4v) is 1.96. The molecule has 1 saturated heterocycles. The van der Waals surface area contributed by atoms with E-state index >= 15 is 0 Å². The quantitative estimate of drug-likeness (QED) is 0.767. The van der Waals surface area contributed by atoms with Gasteiger partial charge in [-0.1, -0.05) is 0 Å². The van der Waals surface area contributed by atoms with Crippen molar-refractivity contribution in [3.05, 3.63) is 11.8 Å². The normalized spacial score (nSPS) is 21.9. The first-order valence-corrected chi connectivity index (χ1v) is 5.62. The lowest BCUT2D eigenvalue weighted by atomic mass is 10.2. The average Bonchev–Trinajstić information content (AvgIpc) is 2.41. The number of aryl methyl sites for hydroxylation is 1. The summed E-state index contributed by atoms with van der Waals surface area (Å²) in [7, 11) is 0. The van der Waals surface area contributed by atoms with Gasteiger partial charge in [0.1, 0.15) is 5.82 Å². The molecule has 2 heterocycles. The largest absolute Gasteiger partial charge is 0.379 e. The van der Waals surface area contributed by atoms with Crippen molar-refractivity contribution in [1.82, 2.24) is 9.97 Å². The van der Waals surface area contributed by atoms with Gasteiger partial charge in [0.05, 0.1) is 12.6 Å². The van der Waals surface area contributed by atoms with Crippen LogP contribution in [0.1, 0.15) is 19.0 Å². The van der Waals surface area contributed by atoms with Crippen LogP contribution in [0.5, 0.6) is 0 Å². The molecular weight excluding hydrogens is 204 g/mol. The Hall–Kier alpha value is -1.36. The lowest BCUT2D eigenvalue weighted by Crippen LogP contribution is -2.36. The predicted octanol–water partition coefficient (Wildman–Crippen LogP) is 0.982. The van der Waals surface area contributed by atoms with E-state index in [1.54, 1.807) is 0 Å². The van der Waals surface area contributed by atoms with Gasteiger partial charge in [0.25, 0.3) is 0 Å². The molecule has 16 heavy (non-hydrogen) atoms. The molecule has 1 atom stereocenters. The monoisotopic (exact) mass is 222 g/mol. The molecule has 2 N–H and O–H groups in total. The zero-order valence-corrected chi connectivity index (χ0v) is 9.81. The summed E-state index contributed by atoms with van der Waals surface area (Å²) < 4.78 is 5.50. The molecule has 1 aromatic heterocycles. The minimum atomic E-state index is 0.330. The third-order valence-corrected chi connectivity index (χ3v) is 2.73. The second-order valence-corrected chi connectivity index (χ2v) is 4.20. The number of hydrogen-bond donors (Lipinski definition) is 1. The van der Waals surface area contributed by atoms with E-state index in [-0.39, 0.29) is 0 Å². The van der Waals surface area contributed by atoms with Crippen LogP contribution in [0.2, 0.25) is 0 Å². The number of nitrogens with two attached hydrogens (primary N) is 1. The van der Waals surface area contributed by atoms with Gasteiger partial charge in [0, 0.05) is 24.9 Å². The number of nitrogen functional groups attached to an aromatic ring is 1. The third-order valence-electron chi connectivity index (χ3n) is 2.73. The molecule has 1 fully saturated rings. The van der Waals surface area contributed by atoms with Crippen molar-refractivity contribution in [2.45, 2.75) is 26.3 Å². The highest BCUT2D eigenvalue weighted by molar-refractivity contribution is 5.44. The van der Waals surface area contributed by atoms with Gasteiger partial charge in [0.2, 0.25) is 5.95 Å². The van der Waals surface area contributed by atoms with E-state index in [4.69, 9.17) is 10.5 Å². The van der Waals surface area contributed by atoms with Crippen molar-refractivity contribution >= 4 is 11.8 Å². The Kier molecular flexibility index (Phi) is 3.24. The molecular formula is C11H18N4O. The molecule has 1 aromatic rings. The number of rotatable bonds is 1. The van der Waals surface area contributed by atoms with Gasteiger partial charge in [-0.05, 0) is 20.3 Å². The lowest BCUT2D eigenvalue weighted by molar-refractivity contribution is 0.137. The van der Waals surface area contributed by atoms with Crippen LogP contribution >= 0.6 is 0 Å². The van der Waals surface area contributed by atoms with E-state index < -0.39 is 0 Å². The van der Waals surface area contributed by atoms with Crippen LogP contribution in [0.25, 0.3) is 0 Å². The minimum absolute atomic E-state index is 0.330. The summed E-state index contributed by atoms with van der Waals surface area (Å²) in [5.74, 6) is 1.25. The fraction of sp³-hybridized carbons (Fsp3) is 0.636. The maximum Gasteiger partial charge on any atom is 0.222 e. The standard InChI is InChI=1S/C11H18N4O/c1-8-6-10(14-11(12)13-8)15-4-3-5-16-7-9(15)2/h6,9H,3-5,7H2,1-2H3,(H2,12,13,14)/t9-/m0/s1. The molecule has 88 valence electrons. The summed E-state index contributed by atoms with van der Waals surface area (Å²) in [6, 6.07) is 2.30. The van der Waals surface area contributed by atoms with Crippen LogP contribution in [-0.2, 0) is 4.74 Å². The molecule has 5 heteroatoms. The number of aromatic nitrogens is 2. The Morgan fingerprint density at radius 1 is 1.50 bits per heavy atom. The molecule has 0 aliphatic carbocycles. The van der Waals surface area contributed by atoms with E-state index in [9.17, 15) is 0 Å². The first-order valence-electron chi connectivity index (χ1n) is 5.62. The van der Waals surface area contributed by atoms with Crippen LogP contribution in [0.3, 0.4) is 0 Å². The van der Waals surface area contributed by atoms with Crippen LogP contribution in [0, 0.1) is 6.92 Å². The molecule has 0 saturated carbocycles. The number of hydrogen-bond acceptors (Lipinski definition) is 5. The molecule has 0 bridgehead atoms. The second-order valence-electron chi connectivity index (χ2n) is 4.20. The van der Waals surface area contributed by atoms with E-state index in [0.29, 0.717) is 12.0 Å². The molecule has 0 spiro atoms. The van der Waals surface area contributed by atoms with E-state index in [0.717, 1.165) is 37.7 Å². The lowest BCUT2D eigenvalue weighted by Gasteiger charge is -2.27. The molecule has 0 unspecified atom stereocenters. The first kappa shape index (κ1) is 11.1. The average molecular weight is 222 g/mol. The van der Waals surface area contributed by atoms with Gasteiger partial charge in [0.15, 0.2) is 0 Å². The summed E-state index contributed by atoms with van der Waals surface area (Å²) in [4.78, 5) is 10.6. The van der Waals surface area contributed by atoms with Crippen molar-refractivity contribution < 1.29 is 4.74 Å². The Labute approximate surface area is 95.6 Å². The summed E-state index contributed by atoms with van der Waals surface area (Å²) in [6.45, 7) is 6.58. The molecule has 1 aliphatic heterocycles. The highest BCUT2D eigenvalue weighted by Crippen LogP contribution is 2.18. The van der Waals surface area contributed by atoms with Crippen molar-refractivity contribution in [3.63, 3.8) is 0 Å². The molecule has 0 radical (unpaired) electrons. The zero-order valence-electron chi connectivity index (χ0n) is 9.81. The smallest absolute Gasteiger partial charge is 0.222 e. The highest BCUT2D eigenvalue weighted by Gasteiger charge is 2.19.